The minimum absolute atomic E-state index is 0.0571. The van der Waals surface area contributed by atoms with Crippen molar-refractivity contribution in [2.24, 2.45) is 0 Å². The number of aryl methyl sites for hydroxylation is 1. The Morgan fingerprint density at radius 1 is 1.26 bits per heavy atom. The minimum atomic E-state index is -4.06. The summed E-state index contributed by atoms with van der Waals surface area (Å²) in [6.07, 6.45) is 1.21. The molecule has 0 N–H and O–H groups in total. The van der Waals surface area contributed by atoms with Gasteiger partial charge in [0.1, 0.15) is 12.4 Å². The first-order valence-electron chi connectivity index (χ1n) is 6.62. The predicted octanol–water partition coefficient (Wildman–Crippen LogP) is 2.81. The molecular weight excluding hydrogens is 336 g/mol. The summed E-state index contributed by atoms with van der Waals surface area (Å²) < 4.78 is 27.0. The molecule has 0 fully saturated rings. The molecule has 0 saturated carbocycles. The summed E-state index contributed by atoms with van der Waals surface area (Å²) in [6, 6.07) is 8.72. The Balaban J connectivity index is 2.36. The Labute approximate surface area is 138 Å². The Hall–Kier alpha value is -2.43. The van der Waals surface area contributed by atoms with Gasteiger partial charge >= 0.3 is 0 Å². The smallest absolute Gasteiger partial charge is 0.237 e. The molecule has 0 aliphatic carbocycles. The number of hydrogen-bond acceptors (Lipinski definition) is 5. The first kappa shape index (κ1) is 15.5. The number of benzene rings is 1. The minimum Gasteiger partial charge on any atom is -0.237 e. The molecule has 23 heavy (non-hydrogen) atoms. The van der Waals surface area contributed by atoms with Gasteiger partial charge in [0, 0.05) is 0 Å². The first-order valence-corrected chi connectivity index (χ1v) is 8.44. The van der Waals surface area contributed by atoms with Gasteiger partial charge in [0.15, 0.2) is 5.03 Å². The van der Waals surface area contributed by atoms with Crippen LogP contribution in [0.4, 0.5) is 0 Å². The largest absolute Gasteiger partial charge is 0.288 e. The van der Waals surface area contributed by atoms with Gasteiger partial charge in [0.05, 0.1) is 27.3 Å². The first-order chi connectivity index (χ1) is 10.9. The van der Waals surface area contributed by atoms with Gasteiger partial charge in [-0.05, 0) is 31.5 Å². The standard InChI is InChI=1S/C15H11ClN4O2S/c1-9-11(7-17)15(19-10(2)14(9)16)23(21,22)20-8-18-12-5-3-4-6-13(12)20/h3-6,8H,1-2H3. The Bertz CT molecular complexity index is 1080. The molecule has 0 radical (unpaired) electrons. The van der Waals surface area contributed by atoms with E-state index in [1.165, 1.54) is 6.33 Å². The quantitative estimate of drug-likeness (QED) is 0.711. The van der Waals surface area contributed by atoms with Crippen LogP contribution in [0.5, 0.6) is 0 Å². The highest BCUT2D eigenvalue weighted by molar-refractivity contribution is 7.90. The molecule has 0 amide bonds. The highest BCUT2D eigenvalue weighted by atomic mass is 35.5. The summed E-state index contributed by atoms with van der Waals surface area (Å²) in [5, 5.41) is 9.32. The maximum Gasteiger partial charge on any atom is 0.288 e. The molecule has 0 aliphatic heterocycles. The zero-order chi connectivity index (χ0) is 16.8. The van der Waals surface area contributed by atoms with E-state index in [0.29, 0.717) is 22.3 Å². The topological polar surface area (TPSA) is 88.6 Å². The molecule has 6 nitrogen and oxygen atoms in total. The third-order valence-corrected chi connectivity index (χ3v) is 5.69. The van der Waals surface area contributed by atoms with E-state index in [1.54, 1.807) is 38.1 Å². The summed E-state index contributed by atoms with van der Waals surface area (Å²) >= 11 is 6.08. The van der Waals surface area contributed by atoms with Crippen LogP contribution in [0.25, 0.3) is 11.0 Å². The lowest BCUT2D eigenvalue weighted by Crippen LogP contribution is -2.17. The van der Waals surface area contributed by atoms with E-state index in [1.807, 2.05) is 6.07 Å². The van der Waals surface area contributed by atoms with Crippen molar-refractivity contribution in [3.8, 4) is 6.07 Å². The summed E-state index contributed by atoms with van der Waals surface area (Å²) in [4.78, 5) is 8.12. The number of nitrogens with zero attached hydrogens (tertiary/aromatic N) is 4. The zero-order valence-electron chi connectivity index (χ0n) is 12.3. The Kier molecular flexibility index (Phi) is 3.59. The highest BCUT2D eigenvalue weighted by Crippen LogP contribution is 2.28. The van der Waals surface area contributed by atoms with Crippen molar-refractivity contribution >= 4 is 32.7 Å². The molecule has 8 heteroatoms. The average Bonchev–Trinajstić information content (AvgIpc) is 2.97. The summed E-state index contributed by atoms with van der Waals surface area (Å²) in [5.41, 5.74) is 1.65. The molecule has 1 aromatic carbocycles. The van der Waals surface area contributed by atoms with Crippen molar-refractivity contribution in [3.63, 3.8) is 0 Å². The molecule has 0 atom stereocenters. The van der Waals surface area contributed by atoms with E-state index < -0.39 is 10.0 Å². The normalized spacial score (nSPS) is 11.6. The van der Waals surface area contributed by atoms with E-state index in [0.717, 1.165) is 3.97 Å². The number of hydrogen-bond donors (Lipinski definition) is 0. The Morgan fingerprint density at radius 3 is 2.65 bits per heavy atom. The Morgan fingerprint density at radius 2 is 1.96 bits per heavy atom. The third-order valence-electron chi connectivity index (χ3n) is 3.54. The van der Waals surface area contributed by atoms with E-state index in [-0.39, 0.29) is 15.6 Å². The fourth-order valence-corrected chi connectivity index (χ4v) is 3.95. The summed E-state index contributed by atoms with van der Waals surface area (Å²) in [7, 11) is -4.06. The van der Waals surface area contributed by atoms with Crippen LogP contribution >= 0.6 is 11.6 Å². The lowest BCUT2D eigenvalue weighted by Gasteiger charge is -2.11. The van der Waals surface area contributed by atoms with Crippen molar-refractivity contribution in [2.75, 3.05) is 0 Å². The van der Waals surface area contributed by atoms with Crippen molar-refractivity contribution in [1.29, 1.82) is 5.26 Å². The van der Waals surface area contributed by atoms with Crippen molar-refractivity contribution in [3.05, 3.63) is 52.4 Å². The van der Waals surface area contributed by atoms with Crippen LogP contribution in [-0.2, 0) is 10.0 Å². The average molecular weight is 347 g/mol. The molecule has 0 aliphatic rings. The second kappa shape index (κ2) is 5.33. The van der Waals surface area contributed by atoms with Crippen LogP contribution in [0.3, 0.4) is 0 Å². The van der Waals surface area contributed by atoms with Crippen LogP contribution in [0, 0.1) is 25.2 Å². The number of halogens is 1. The number of fused-ring (bicyclic) bond motifs is 1. The fraction of sp³-hybridized carbons (Fsp3) is 0.133. The maximum atomic E-state index is 13.0. The summed E-state index contributed by atoms with van der Waals surface area (Å²) in [6.45, 7) is 3.20. The number of aromatic nitrogens is 3. The summed E-state index contributed by atoms with van der Waals surface area (Å²) in [5.74, 6) is 0. The van der Waals surface area contributed by atoms with Gasteiger partial charge in [-0.3, -0.25) is 0 Å². The van der Waals surface area contributed by atoms with Gasteiger partial charge < -0.3 is 0 Å². The molecule has 3 aromatic rings. The molecular formula is C15H11ClN4O2S. The SMILES string of the molecule is Cc1nc(S(=O)(=O)n2cnc3ccccc32)c(C#N)c(C)c1Cl. The van der Waals surface area contributed by atoms with E-state index in [9.17, 15) is 13.7 Å². The molecule has 2 heterocycles. The molecule has 0 bridgehead atoms. The van der Waals surface area contributed by atoms with Crippen molar-refractivity contribution in [2.45, 2.75) is 18.9 Å². The fourth-order valence-electron chi connectivity index (χ4n) is 2.34. The zero-order valence-corrected chi connectivity index (χ0v) is 13.9. The van der Waals surface area contributed by atoms with E-state index in [4.69, 9.17) is 11.6 Å². The maximum absolute atomic E-state index is 13.0. The van der Waals surface area contributed by atoms with Crippen LogP contribution in [-0.4, -0.2) is 22.4 Å². The van der Waals surface area contributed by atoms with Gasteiger partial charge in [0.2, 0.25) is 0 Å². The van der Waals surface area contributed by atoms with Gasteiger partial charge in [-0.1, -0.05) is 23.7 Å². The van der Waals surface area contributed by atoms with Crippen LogP contribution < -0.4 is 0 Å². The highest BCUT2D eigenvalue weighted by Gasteiger charge is 2.27. The van der Waals surface area contributed by atoms with Gasteiger partial charge in [0.25, 0.3) is 10.0 Å². The molecule has 0 saturated heterocycles. The lowest BCUT2D eigenvalue weighted by molar-refractivity contribution is 0.584. The van der Waals surface area contributed by atoms with Crippen LogP contribution in [0.2, 0.25) is 5.02 Å². The second-order valence-electron chi connectivity index (χ2n) is 4.96. The second-order valence-corrected chi connectivity index (χ2v) is 7.07. The van der Waals surface area contributed by atoms with E-state index >= 15 is 0 Å². The number of imidazole rings is 1. The molecule has 3 rings (SSSR count). The van der Waals surface area contributed by atoms with Crippen molar-refractivity contribution < 1.29 is 8.42 Å². The van der Waals surface area contributed by atoms with Crippen LogP contribution in [0.1, 0.15) is 16.8 Å². The number of rotatable bonds is 2. The predicted molar refractivity (Wildman–Crippen MR) is 85.8 cm³/mol. The number of pyridine rings is 1. The number of nitriles is 1. The van der Waals surface area contributed by atoms with Gasteiger partial charge in [-0.2, -0.15) is 13.7 Å². The molecule has 2 aromatic heterocycles. The monoisotopic (exact) mass is 346 g/mol. The third kappa shape index (κ3) is 2.27. The molecule has 0 spiro atoms. The lowest BCUT2D eigenvalue weighted by atomic mass is 10.1. The van der Waals surface area contributed by atoms with Gasteiger partial charge in [-0.15, -0.1) is 0 Å². The van der Waals surface area contributed by atoms with E-state index in [2.05, 4.69) is 9.97 Å². The van der Waals surface area contributed by atoms with Crippen molar-refractivity contribution in [1.82, 2.24) is 13.9 Å². The molecule has 116 valence electrons. The number of para-hydroxylation sites is 2. The van der Waals surface area contributed by atoms with Crippen LogP contribution in [0.15, 0.2) is 35.6 Å². The van der Waals surface area contributed by atoms with Gasteiger partial charge in [-0.25, -0.2) is 13.9 Å². The molecule has 0 unspecified atom stereocenters.